The monoisotopic (exact) mass is 689 g/mol. The van der Waals surface area contributed by atoms with Crippen LogP contribution >= 0.6 is 0 Å². The third-order valence-electron chi connectivity index (χ3n) is 8.29. The first-order chi connectivity index (χ1) is 23.4. The van der Waals surface area contributed by atoms with Crippen molar-refractivity contribution in [3.63, 3.8) is 0 Å². The van der Waals surface area contributed by atoms with E-state index in [-0.39, 0.29) is 40.9 Å². The third-order valence-corrected chi connectivity index (χ3v) is 10.1. The second-order valence-electron chi connectivity index (χ2n) is 12.0. The lowest BCUT2D eigenvalue weighted by Crippen LogP contribution is -2.54. The van der Waals surface area contributed by atoms with Crippen LogP contribution in [0.1, 0.15) is 42.5 Å². The van der Waals surface area contributed by atoms with Crippen LogP contribution in [0.15, 0.2) is 95.9 Å². The Morgan fingerprint density at radius 1 is 0.857 bits per heavy atom. The molecule has 0 aliphatic heterocycles. The number of benzene rings is 4. The van der Waals surface area contributed by atoms with Gasteiger partial charge in [-0.2, -0.15) is 0 Å². The lowest BCUT2D eigenvalue weighted by Gasteiger charge is -2.34. The Labute approximate surface area is 288 Å². The van der Waals surface area contributed by atoms with Crippen molar-refractivity contribution in [2.24, 2.45) is 0 Å². The number of hydrogen-bond donors (Lipinski definition) is 1. The molecular weight excluding hydrogens is 645 g/mol. The number of aryl methyl sites for hydroxylation is 2. The van der Waals surface area contributed by atoms with E-state index in [2.05, 4.69) is 5.32 Å². The van der Waals surface area contributed by atoms with Crippen molar-refractivity contribution >= 4 is 27.5 Å². The van der Waals surface area contributed by atoms with Gasteiger partial charge in [-0.25, -0.2) is 12.8 Å². The van der Waals surface area contributed by atoms with Crippen LogP contribution in [0.25, 0.3) is 0 Å². The van der Waals surface area contributed by atoms with Crippen molar-refractivity contribution in [1.29, 1.82) is 0 Å². The van der Waals surface area contributed by atoms with E-state index >= 15 is 4.39 Å². The summed E-state index contributed by atoms with van der Waals surface area (Å²) in [6.07, 6.45) is 0.768. The van der Waals surface area contributed by atoms with E-state index in [1.807, 2.05) is 64.1 Å². The maximum absolute atomic E-state index is 15.2. The highest BCUT2D eigenvalue weighted by atomic mass is 32.2. The van der Waals surface area contributed by atoms with Crippen molar-refractivity contribution in [2.45, 2.75) is 64.1 Å². The minimum Gasteiger partial charge on any atom is -0.493 e. The molecule has 0 saturated carbocycles. The minimum atomic E-state index is -4.41. The Balaban J connectivity index is 1.87. The summed E-state index contributed by atoms with van der Waals surface area (Å²) in [6, 6.07) is 23.4. The fourth-order valence-electron chi connectivity index (χ4n) is 5.53. The van der Waals surface area contributed by atoms with Crippen LogP contribution in [0.3, 0.4) is 0 Å². The van der Waals surface area contributed by atoms with Crippen molar-refractivity contribution < 1.29 is 31.9 Å². The van der Waals surface area contributed by atoms with Gasteiger partial charge in [-0.05, 0) is 74.2 Å². The van der Waals surface area contributed by atoms with Gasteiger partial charge < -0.3 is 19.7 Å². The standard InChI is InChI=1S/C38H44FN3O6S/c1-7-28(4)40-38(44)34(22-29-13-9-8-10-14-29)41(24-30-15-11-12-16-33(30)39)37(43)25-42(31-20-26(2)19-27(3)21-31)49(45,46)32-17-18-35(47-5)36(23-32)48-6/h8-21,23,28,34H,7,22,24-25H2,1-6H3,(H,40,44). The molecular formula is C38H44FN3O6S. The van der Waals surface area contributed by atoms with Gasteiger partial charge in [0.05, 0.1) is 24.8 Å². The first kappa shape index (κ1) is 36.9. The van der Waals surface area contributed by atoms with Crippen molar-refractivity contribution in [1.82, 2.24) is 10.2 Å². The smallest absolute Gasteiger partial charge is 0.264 e. The number of ether oxygens (including phenoxy) is 2. The van der Waals surface area contributed by atoms with E-state index in [9.17, 15) is 18.0 Å². The zero-order valence-corrected chi connectivity index (χ0v) is 29.6. The molecule has 11 heteroatoms. The quantitative estimate of drug-likeness (QED) is 0.159. The average molecular weight is 690 g/mol. The van der Waals surface area contributed by atoms with E-state index in [4.69, 9.17) is 9.47 Å². The van der Waals surface area contributed by atoms with Crippen LogP contribution in [0, 0.1) is 19.7 Å². The molecule has 4 aromatic carbocycles. The van der Waals surface area contributed by atoms with E-state index in [0.29, 0.717) is 12.2 Å². The fourth-order valence-corrected chi connectivity index (χ4v) is 6.95. The Bertz CT molecular complexity index is 1850. The molecule has 0 aliphatic carbocycles. The molecule has 260 valence electrons. The van der Waals surface area contributed by atoms with Gasteiger partial charge in [-0.3, -0.25) is 13.9 Å². The van der Waals surface area contributed by atoms with Crippen LogP contribution < -0.4 is 19.1 Å². The molecule has 0 radical (unpaired) electrons. The summed E-state index contributed by atoms with van der Waals surface area (Å²) in [5, 5.41) is 2.98. The highest BCUT2D eigenvalue weighted by Crippen LogP contribution is 2.33. The number of amides is 2. The predicted octanol–water partition coefficient (Wildman–Crippen LogP) is 6.21. The van der Waals surface area contributed by atoms with Gasteiger partial charge in [0.15, 0.2) is 11.5 Å². The largest absolute Gasteiger partial charge is 0.493 e. The summed E-state index contributed by atoms with van der Waals surface area (Å²) < 4.78 is 55.9. The Morgan fingerprint density at radius 2 is 1.49 bits per heavy atom. The Morgan fingerprint density at radius 3 is 2.10 bits per heavy atom. The Kier molecular flexibility index (Phi) is 12.4. The Hall–Kier alpha value is -4.90. The van der Waals surface area contributed by atoms with E-state index in [1.165, 1.54) is 43.4 Å². The number of sulfonamides is 1. The first-order valence-corrected chi connectivity index (χ1v) is 17.5. The van der Waals surface area contributed by atoms with E-state index < -0.39 is 40.2 Å². The zero-order chi connectivity index (χ0) is 35.7. The number of carbonyl (C=O) groups excluding carboxylic acids is 2. The molecule has 0 aromatic heterocycles. The maximum Gasteiger partial charge on any atom is 0.264 e. The van der Waals surface area contributed by atoms with Gasteiger partial charge in [0.1, 0.15) is 18.4 Å². The van der Waals surface area contributed by atoms with E-state index in [1.54, 1.807) is 30.3 Å². The molecule has 0 heterocycles. The van der Waals surface area contributed by atoms with Crippen LogP contribution in [-0.2, 0) is 32.6 Å². The van der Waals surface area contributed by atoms with Gasteiger partial charge in [0.25, 0.3) is 10.0 Å². The van der Waals surface area contributed by atoms with E-state index in [0.717, 1.165) is 21.0 Å². The van der Waals surface area contributed by atoms with Crippen LogP contribution in [0.5, 0.6) is 11.5 Å². The fraction of sp³-hybridized carbons (Fsp3) is 0.316. The molecule has 0 aliphatic rings. The number of hydrogen-bond acceptors (Lipinski definition) is 6. The number of halogens is 1. The molecule has 49 heavy (non-hydrogen) atoms. The molecule has 2 amide bonds. The lowest BCUT2D eigenvalue weighted by atomic mass is 10.0. The third kappa shape index (κ3) is 9.17. The number of methoxy groups -OCH3 is 2. The number of nitrogens with one attached hydrogen (secondary N) is 1. The number of nitrogens with zero attached hydrogens (tertiary/aromatic N) is 2. The molecule has 4 rings (SSSR count). The highest BCUT2D eigenvalue weighted by molar-refractivity contribution is 7.92. The normalized spacial score (nSPS) is 12.5. The van der Waals surface area contributed by atoms with Crippen LogP contribution in [0.2, 0.25) is 0 Å². The first-order valence-electron chi connectivity index (χ1n) is 16.1. The molecule has 9 nitrogen and oxygen atoms in total. The zero-order valence-electron chi connectivity index (χ0n) is 28.8. The number of anilines is 1. The topological polar surface area (TPSA) is 105 Å². The summed E-state index contributed by atoms with van der Waals surface area (Å²) in [5.74, 6) is -1.13. The molecule has 4 aromatic rings. The number of rotatable bonds is 15. The van der Waals surface area contributed by atoms with Crippen LogP contribution in [-0.4, -0.2) is 58.0 Å². The second kappa shape index (κ2) is 16.5. The molecule has 0 saturated heterocycles. The molecule has 0 spiro atoms. The molecule has 0 fully saturated rings. The minimum absolute atomic E-state index is 0.120. The lowest BCUT2D eigenvalue weighted by molar-refractivity contribution is -0.140. The van der Waals surface area contributed by atoms with Gasteiger partial charge in [0, 0.05) is 30.6 Å². The van der Waals surface area contributed by atoms with Crippen LogP contribution in [0.4, 0.5) is 10.1 Å². The van der Waals surface area contributed by atoms with Crippen molar-refractivity contribution in [3.8, 4) is 11.5 Å². The molecule has 2 atom stereocenters. The summed E-state index contributed by atoms with van der Waals surface area (Å²) in [6.45, 7) is 6.51. The van der Waals surface area contributed by atoms with Gasteiger partial charge >= 0.3 is 0 Å². The SMILES string of the molecule is CCC(C)NC(=O)C(Cc1ccccc1)N(Cc1ccccc1F)C(=O)CN(c1cc(C)cc(C)c1)S(=O)(=O)c1ccc(OC)c(OC)c1. The summed E-state index contributed by atoms with van der Waals surface area (Å²) in [4.78, 5) is 29.8. The number of carbonyl (C=O) groups is 2. The molecule has 0 bridgehead atoms. The summed E-state index contributed by atoms with van der Waals surface area (Å²) in [7, 11) is -1.56. The average Bonchev–Trinajstić information content (AvgIpc) is 3.08. The summed E-state index contributed by atoms with van der Waals surface area (Å²) in [5.41, 5.74) is 2.80. The highest BCUT2D eigenvalue weighted by Gasteiger charge is 2.35. The predicted molar refractivity (Wildman–Crippen MR) is 189 cm³/mol. The summed E-state index contributed by atoms with van der Waals surface area (Å²) >= 11 is 0. The molecule has 2 unspecified atom stereocenters. The maximum atomic E-state index is 15.2. The molecule has 1 N–H and O–H groups in total. The van der Waals surface area contributed by atoms with Crippen molar-refractivity contribution in [2.75, 3.05) is 25.1 Å². The van der Waals surface area contributed by atoms with Gasteiger partial charge in [-0.1, -0.05) is 61.5 Å². The van der Waals surface area contributed by atoms with Gasteiger partial charge in [-0.15, -0.1) is 0 Å². The second-order valence-corrected chi connectivity index (χ2v) is 13.9. The van der Waals surface area contributed by atoms with Gasteiger partial charge in [0.2, 0.25) is 11.8 Å². The van der Waals surface area contributed by atoms with Crippen molar-refractivity contribution in [3.05, 3.63) is 119 Å².